The topological polar surface area (TPSA) is 65.1 Å². The predicted octanol–water partition coefficient (Wildman–Crippen LogP) is 3.57. The first kappa shape index (κ1) is 20.1. The Morgan fingerprint density at radius 1 is 1.23 bits per heavy atom. The first-order valence-corrected chi connectivity index (χ1v) is 9.06. The average Bonchev–Trinajstić information content (AvgIpc) is 2.95. The summed E-state index contributed by atoms with van der Waals surface area (Å²) in [7, 11) is 0. The summed E-state index contributed by atoms with van der Waals surface area (Å²) in [4.78, 5) is 25.8. The number of nitrogens with zero attached hydrogens (tertiary/aromatic N) is 1. The van der Waals surface area contributed by atoms with Crippen molar-refractivity contribution in [3.8, 4) is 5.75 Å². The Kier molecular flexibility index (Phi) is 6.51. The maximum atomic E-state index is 12.2. The molecule has 0 bridgehead atoms. The minimum absolute atomic E-state index is 0.121. The highest BCUT2D eigenvalue weighted by Gasteiger charge is 2.31. The van der Waals surface area contributed by atoms with Gasteiger partial charge in [-0.2, -0.15) is 0 Å². The van der Waals surface area contributed by atoms with E-state index in [4.69, 9.17) is 14.2 Å². The quantitative estimate of drug-likeness (QED) is 0.748. The molecule has 26 heavy (non-hydrogen) atoms. The van der Waals surface area contributed by atoms with E-state index in [1.54, 1.807) is 4.90 Å². The van der Waals surface area contributed by atoms with Crippen molar-refractivity contribution in [2.75, 3.05) is 13.1 Å². The molecule has 1 aliphatic rings. The zero-order valence-corrected chi connectivity index (χ0v) is 16.3. The number of hydrogen-bond acceptors (Lipinski definition) is 5. The molecule has 1 aromatic carbocycles. The minimum atomic E-state index is -0.514. The summed E-state index contributed by atoms with van der Waals surface area (Å²) in [6, 6.07) is 7.44. The minimum Gasteiger partial charge on any atom is -0.488 e. The van der Waals surface area contributed by atoms with Gasteiger partial charge in [0.1, 0.15) is 17.5 Å². The first-order valence-electron chi connectivity index (χ1n) is 9.06. The molecule has 0 saturated carbocycles. The fraction of sp³-hybridized carbons (Fsp3) is 0.600. The molecule has 1 saturated heterocycles. The molecule has 1 atom stereocenters. The lowest BCUT2D eigenvalue weighted by atomic mass is 10.1. The number of carbonyl (C=O) groups excluding carboxylic acids is 2. The molecule has 0 radical (unpaired) electrons. The Morgan fingerprint density at radius 2 is 1.92 bits per heavy atom. The Morgan fingerprint density at radius 3 is 2.58 bits per heavy atom. The van der Waals surface area contributed by atoms with Crippen LogP contribution in [0, 0.1) is 0 Å². The molecule has 1 aliphatic heterocycles. The second-order valence-corrected chi connectivity index (χ2v) is 7.78. The summed E-state index contributed by atoms with van der Waals surface area (Å²) in [6.45, 7) is 10.3. The van der Waals surface area contributed by atoms with E-state index in [1.807, 2.05) is 58.9 Å². The van der Waals surface area contributed by atoms with Crippen LogP contribution in [0.1, 0.15) is 46.6 Å². The van der Waals surface area contributed by atoms with Crippen LogP contribution in [0.4, 0.5) is 4.79 Å². The predicted molar refractivity (Wildman–Crippen MR) is 98.2 cm³/mol. The monoisotopic (exact) mass is 363 g/mol. The molecule has 1 heterocycles. The van der Waals surface area contributed by atoms with Crippen molar-refractivity contribution in [3.05, 3.63) is 29.8 Å². The zero-order chi connectivity index (χ0) is 19.3. The molecular formula is C20H29NO5. The number of para-hydroxylation sites is 1. The Bertz CT molecular complexity index is 635. The standard InChI is InChI=1S/C20H29NO5/c1-14(2)24-18(22)12-15-8-6-7-9-17(15)25-16-10-11-21(13-16)19(23)26-20(3,4)5/h6-9,14,16H,10-13H2,1-5H3/t16-/m0/s1. The van der Waals surface area contributed by atoms with E-state index < -0.39 is 5.60 Å². The number of likely N-dealkylation sites (tertiary alicyclic amines) is 1. The molecule has 1 amide bonds. The van der Waals surface area contributed by atoms with Gasteiger partial charge in [0.25, 0.3) is 0 Å². The van der Waals surface area contributed by atoms with E-state index in [1.165, 1.54) is 0 Å². The molecule has 6 nitrogen and oxygen atoms in total. The first-order chi connectivity index (χ1) is 12.1. The molecule has 0 spiro atoms. The van der Waals surface area contributed by atoms with Gasteiger partial charge in [0, 0.05) is 18.5 Å². The van der Waals surface area contributed by atoms with Crippen LogP contribution in [0.2, 0.25) is 0 Å². The summed E-state index contributed by atoms with van der Waals surface area (Å²) in [5, 5.41) is 0. The van der Waals surface area contributed by atoms with Crippen molar-refractivity contribution >= 4 is 12.1 Å². The van der Waals surface area contributed by atoms with Crippen LogP contribution in [0.15, 0.2) is 24.3 Å². The van der Waals surface area contributed by atoms with Crippen molar-refractivity contribution < 1.29 is 23.8 Å². The lowest BCUT2D eigenvalue weighted by Gasteiger charge is -2.24. The third-order valence-corrected chi connectivity index (χ3v) is 3.76. The van der Waals surface area contributed by atoms with Crippen LogP contribution in [-0.4, -0.2) is 47.9 Å². The van der Waals surface area contributed by atoms with E-state index >= 15 is 0 Å². The number of ether oxygens (including phenoxy) is 3. The number of carbonyl (C=O) groups is 2. The third kappa shape index (κ3) is 6.24. The molecule has 1 fully saturated rings. The van der Waals surface area contributed by atoms with Gasteiger partial charge in [-0.1, -0.05) is 18.2 Å². The summed E-state index contributed by atoms with van der Waals surface area (Å²) in [6.07, 6.45) is 0.302. The van der Waals surface area contributed by atoms with Gasteiger partial charge in [-0.05, 0) is 40.7 Å². The van der Waals surface area contributed by atoms with Gasteiger partial charge in [-0.3, -0.25) is 4.79 Å². The van der Waals surface area contributed by atoms with E-state index in [9.17, 15) is 9.59 Å². The van der Waals surface area contributed by atoms with Gasteiger partial charge in [0.15, 0.2) is 0 Å². The number of amides is 1. The van der Waals surface area contributed by atoms with E-state index in [0.717, 1.165) is 12.0 Å². The van der Waals surface area contributed by atoms with Gasteiger partial charge in [0.05, 0.1) is 19.1 Å². The Hall–Kier alpha value is -2.24. The zero-order valence-electron chi connectivity index (χ0n) is 16.3. The van der Waals surface area contributed by atoms with Crippen LogP contribution in [0.25, 0.3) is 0 Å². The highest BCUT2D eigenvalue weighted by molar-refractivity contribution is 5.73. The maximum Gasteiger partial charge on any atom is 0.410 e. The summed E-state index contributed by atoms with van der Waals surface area (Å²) >= 11 is 0. The molecular weight excluding hydrogens is 334 g/mol. The van der Waals surface area contributed by atoms with E-state index in [2.05, 4.69) is 0 Å². The molecule has 6 heteroatoms. The maximum absolute atomic E-state index is 12.2. The van der Waals surface area contributed by atoms with Gasteiger partial charge in [-0.25, -0.2) is 4.79 Å². The molecule has 0 N–H and O–H groups in total. The summed E-state index contributed by atoms with van der Waals surface area (Å²) in [5.41, 5.74) is 0.272. The van der Waals surface area contributed by atoms with Crippen molar-refractivity contribution in [2.45, 2.75) is 65.3 Å². The van der Waals surface area contributed by atoms with Crippen LogP contribution in [0.5, 0.6) is 5.75 Å². The molecule has 1 aromatic rings. The largest absolute Gasteiger partial charge is 0.488 e. The molecule has 144 valence electrons. The fourth-order valence-electron chi connectivity index (χ4n) is 2.72. The number of rotatable bonds is 5. The van der Waals surface area contributed by atoms with Crippen LogP contribution in [0.3, 0.4) is 0 Å². The molecule has 0 unspecified atom stereocenters. The fourth-order valence-corrected chi connectivity index (χ4v) is 2.72. The van der Waals surface area contributed by atoms with Gasteiger partial charge < -0.3 is 19.1 Å². The highest BCUT2D eigenvalue weighted by atomic mass is 16.6. The van der Waals surface area contributed by atoms with Crippen molar-refractivity contribution in [3.63, 3.8) is 0 Å². The van der Waals surface area contributed by atoms with Gasteiger partial charge in [-0.15, -0.1) is 0 Å². The Labute approximate surface area is 155 Å². The average molecular weight is 363 g/mol. The molecule has 0 aliphatic carbocycles. The number of esters is 1. The second-order valence-electron chi connectivity index (χ2n) is 7.78. The van der Waals surface area contributed by atoms with E-state index in [0.29, 0.717) is 18.8 Å². The van der Waals surface area contributed by atoms with Gasteiger partial charge >= 0.3 is 12.1 Å². The van der Waals surface area contributed by atoms with Crippen molar-refractivity contribution in [2.24, 2.45) is 0 Å². The smallest absolute Gasteiger partial charge is 0.410 e. The van der Waals surface area contributed by atoms with Gasteiger partial charge in [0.2, 0.25) is 0 Å². The lowest BCUT2D eigenvalue weighted by Crippen LogP contribution is -2.36. The Balaban J connectivity index is 1.95. The number of benzene rings is 1. The van der Waals surface area contributed by atoms with Crippen LogP contribution < -0.4 is 4.74 Å². The summed E-state index contributed by atoms with van der Waals surface area (Å²) in [5.74, 6) is 0.377. The second kappa shape index (κ2) is 8.43. The van der Waals surface area contributed by atoms with Crippen LogP contribution >= 0.6 is 0 Å². The van der Waals surface area contributed by atoms with E-state index in [-0.39, 0.29) is 30.7 Å². The third-order valence-electron chi connectivity index (χ3n) is 3.76. The number of hydrogen-bond donors (Lipinski definition) is 0. The normalized spacial score (nSPS) is 17.3. The summed E-state index contributed by atoms with van der Waals surface area (Å²) < 4.78 is 16.7. The lowest BCUT2D eigenvalue weighted by molar-refractivity contribution is -0.146. The van der Waals surface area contributed by atoms with Crippen molar-refractivity contribution in [1.82, 2.24) is 4.90 Å². The SMILES string of the molecule is CC(C)OC(=O)Cc1ccccc1O[C@H]1CCN(C(=O)OC(C)(C)C)C1. The van der Waals surface area contributed by atoms with Crippen LogP contribution in [-0.2, 0) is 20.7 Å². The molecule has 0 aromatic heterocycles. The highest BCUT2D eigenvalue weighted by Crippen LogP contribution is 2.24. The molecule has 2 rings (SSSR count). The van der Waals surface area contributed by atoms with Crippen molar-refractivity contribution in [1.29, 1.82) is 0 Å².